The number of morpholine rings is 1. The van der Waals surface area contributed by atoms with Gasteiger partial charge in [-0.3, -0.25) is 4.90 Å². The second-order valence-electron chi connectivity index (χ2n) is 5.71. The first-order valence-electron chi connectivity index (χ1n) is 8.31. The molecule has 1 atom stereocenters. The fourth-order valence-electron chi connectivity index (χ4n) is 2.88. The monoisotopic (exact) mass is 361 g/mol. The van der Waals surface area contributed by atoms with E-state index in [2.05, 4.69) is 27.0 Å². The smallest absolute Gasteiger partial charge is 0.319 e. The predicted molar refractivity (Wildman–Crippen MR) is 99.5 cm³/mol. The number of urea groups is 1. The number of benzene rings is 1. The number of anilines is 1. The number of hydrogen-bond acceptors (Lipinski definition) is 5. The van der Waals surface area contributed by atoms with Crippen LogP contribution >= 0.6 is 11.3 Å². The van der Waals surface area contributed by atoms with Crippen LogP contribution in [0, 0.1) is 0 Å². The number of ether oxygens (including phenoxy) is 2. The van der Waals surface area contributed by atoms with Gasteiger partial charge < -0.3 is 20.1 Å². The summed E-state index contributed by atoms with van der Waals surface area (Å²) in [5, 5.41) is 7.90. The molecule has 2 N–H and O–H groups in total. The Morgan fingerprint density at radius 1 is 1.28 bits per heavy atom. The maximum Gasteiger partial charge on any atom is 0.319 e. The van der Waals surface area contributed by atoms with Gasteiger partial charge in [0.2, 0.25) is 0 Å². The SMILES string of the molecule is COc1ccccc1NC(=O)NC[C@H](c1cccs1)N1CCOCC1. The van der Waals surface area contributed by atoms with Gasteiger partial charge >= 0.3 is 6.03 Å². The highest BCUT2D eigenvalue weighted by atomic mass is 32.1. The van der Waals surface area contributed by atoms with E-state index < -0.39 is 0 Å². The van der Waals surface area contributed by atoms with E-state index in [-0.39, 0.29) is 12.1 Å². The van der Waals surface area contributed by atoms with Gasteiger partial charge in [0.05, 0.1) is 32.1 Å². The first-order chi connectivity index (χ1) is 12.3. The maximum atomic E-state index is 12.3. The summed E-state index contributed by atoms with van der Waals surface area (Å²) in [5.74, 6) is 0.639. The summed E-state index contributed by atoms with van der Waals surface area (Å²) in [6, 6.07) is 11.4. The number of hydrogen-bond donors (Lipinski definition) is 2. The van der Waals surface area contributed by atoms with Crippen molar-refractivity contribution in [2.45, 2.75) is 6.04 Å². The first kappa shape index (κ1) is 17.7. The number of amides is 2. The normalized spacial score (nSPS) is 16.2. The average Bonchev–Trinajstić information content (AvgIpc) is 3.18. The van der Waals surface area contributed by atoms with Crippen LogP contribution in [-0.4, -0.2) is 50.9 Å². The Bertz CT molecular complexity index is 672. The van der Waals surface area contributed by atoms with Gasteiger partial charge in [-0.2, -0.15) is 0 Å². The minimum Gasteiger partial charge on any atom is -0.495 e. The molecule has 2 aromatic rings. The number of thiophene rings is 1. The third-order valence-electron chi connectivity index (χ3n) is 4.17. The fraction of sp³-hybridized carbons (Fsp3) is 0.389. The number of methoxy groups -OCH3 is 1. The quantitative estimate of drug-likeness (QED) is 0.830. The van der Waals surface area contributed by atoms with Gasteiger partial charge in [0.25, 0.3) is 0 Å². The Labute approximate surface area is 151 Å². The van der Waals surface area contributed by atoms with Gasteiger partial charge in [-0.15, -0.1) is 11.3 Å². The van der Waals surface area contributed by atoms with Crippen LogP contribution in [0.15, 0.2) is 41.8 Å². The number of nitrogens with one attached hydrogen (secondary N) is 2. The summed E-state index contributed by atoms with van der Waals surface area (Å²) in [6.45, 7) is 3.75. The molecule has 1 saturated heterocycles. The minimum atomic E-state index is -0.237. The van der Waals surface area contributed by atoms with E-state index in [9.17, 15) is 4.79 Å². The van der Waals surface area contributed by atoms with Crippen LogP contribution in [0.25, 0.3) is 0 Å². The molecule has 1 aliphatic heterocycles. The van der Waals surface area contributed by atoms with Crippen molar-refractivity contribution < 1.29 is 14.3 Å². The van der Waals surface area contributed by atoms with Gasteiger partial charge in [-0.05, 0) is 23.6 Å². The summed E-state index contributed by atoms with van der Waals surface area (Å²) >= 11 is 1.71. The summed E-state index contributed by atoms with van der Waals surface area (Å²) in [4.78, 5) is 15.9. The molecule has 0 saturated carbocycles. The highest BCUT2D eigenvalue weighted by molar-refractivity contribution is 7.10. The zero-order chi connectivity index (χ0) is 17.5. The van der Waals surface area contributed by atoms with Crippen molar-refractivity contribution in [2.75, 3.05) is 45.3 Å². The summed E-state index contributed by atoms with van der Waals surface area (Å²) in [6.07, 6.45) is 0. The van der Waals surface area contributed by atoms with Gasteiger partial charge in [0.1, 0.15) is 5.75 Å². The summed E-state index contributed by atoms with van der Waals surface area (Å²) in [7, 11) is 1.59. The number of para-hydroxylation sites is 2. The lowest BCUT2D eigenvalue weighted by atomic mass is 10.2. The third kappa shape index (κ3) is 4.72. The van der Waals surface area contributed by atoms with E-state index in [1.165, 1.54) is 4.88 Å². The highest BCUT2D eigenvalue weighted by Crippen LogP contribution is 2.26. The lowest BCUT2D eigenvalue weighted by Gasteiger charge is -2.34. The highest BCUT2D eigenvalue weighted by Gasteiger charge is 2.24. The molecular formula is C18H23N3O3S. The molecule has 0 aliphatic carbocycles. The van der Waals surface area contributed by atoms with Crippen LogP contribution in [0.1, 0.15) is 10.9 Å². The molecule has 0 bridgehead atoms. The van der Waals surface area contributed by atoms with E-state index in [0.29, 0.717) is 18.0 Å². The Balaban J connectivity index is 1.61. The van der Waals surface area contributed by atoms with E-state index >= 15 is 0 Å². The molecule has 7 heteroatoms. The molecule has 1 aliphatic rings. The molecule has 0 unspecified atom stereocenters. The van der Waals surface area contributed by atoms with Crippen molar-refractivity contribution in [1.82, 2.24) is 10.2 Å². The minimum absolute atomic E-state index is 0.160. The first-order valence-corrected chi connectivity index (χ1v) is 9.19. The van der Waals surface area contributed by atoms with Crippen LogP contribution in [-0.2, 0) is 4.74 Å². The van der Waals surface area contributed by atoms with Gasteiger partial charge in [0, 0.05) is 24.5 Å². The zero-order valence-corrected chi connectivity index (χ0v) is 15.1. The molecule has 2 heterocycles. The van der Waals surface area contributed by atoms with Gasteiger partial charge in [0.15, 0.2) is 0 Å². The molecule has 1 fully saturated rings. The van der Waals surface area contributed by atoms with Crippen LogP contribution in [0.3, 0.4) is 0 Å². The van der Waals surface area contributed by atoms with Crippen LogP contribution < -0.4 is 15.4 Å². The molecule has 25 heavy (non-hydrogen) atoms. The lowest BCUT2D eigenvalue weighted by Crippen LogP contribution is -2.44. The van der Waals surface area contributed by atoms with E-state index in [1.807, 2.05) is 30.3 Å². The summed E-state index contributed by atoms with van der Waals surface area (Å²) in [5.41, 5.74) is 0.654. The van der Waals surface area contributed by atoms with Gasteiger partial charge in [-0.25, -0.2) is 4.79 Å². The Kier molecular flexibility index (Phi) is 6.27. The van der Waals surface area contributed by atoms with E-state index in [0.717, 1.165) is 26.3 Å². The molecule has 0 radical (unpaired) electrons. The standard InChI is InChI=1S/C18H23N3O3S/c1-23-16-6-3-2-5-14(16)20-18(22)19-13-15(17-7-4-12-25-17)21-8-10-24-11-9-21/h2-7,12,15H,8-11,13H2,1H3,(H2,19,20,22)/t15-/m1/s1. The predicted octanol–water partition coefficient (Wildman–Crippen LogP) is 2.95. The Hall–Kier alpha value is -2.09. The second-order valence-corrected chi connectivity index (χ2v) is 6.69. The molecule has 2 amide bonds. The molecule has 3 rings (SSSR count). The Morgan fingerprint density at radius 2 is 2.08 bits per heavy atom. The van der Waals surface area contributed by atoms with Crippen molar-refractivity contribution in [3.8, 4) is 5.75 Å². The van der Waals surface area contributed by atoms with Crippen molar-refractivity contribution in [3.63, 3.8) is 0 Å². The zero-order valence-electron chi connectivity index (χ0n) is 14.2. The number of carbonyl (C=O) groups is 1. The summed E-state index contributed by atoms with van der Waals surface area (Å²) < 4.78 is 10.7. The van der Waals surface area contributed by atoms with E-state index in [1.54, 1.807) is 18.4 Å². The largest absolute Gasteiger partial charge is 0.495 e. The molecule has 6 nitrogen and oxygen atoms in total. The van der Waals surface area contributed by atoms with Crippen molar-refractivity contribution in [3.05, 3.63) is 46.7 Å². The molecule has 1 aromatic heterocycles. The van der Waals surface area contributed by atoms with Gasteiger partial charge in [-0.1, -0.05) is 18.2 Å². The lowest BCUT2D eigenvalue weighted by molar-refractivity contribution is 0.0175. The molecule has 1 aromatic carbocycles. The molecular weight excluding hydrogens is 338 g/mol. The van der Waals surface area contributed by atoms with Crippen LogP contribution in [0.4, 0.5) is 10.5 Å². The second kappa shape index (κ2) is 8.84. The topological polar surface area (TPSA) is 62.8 Å². The van der Waals surface area contributed by atoms with Crippen molar-refractivity contribution in [2.24, 2.45) is 0 Å². The van der Waals surface area contributed by atoms with Crippen molar-refractivity contribution >= 4 is 23.1 Å². The molecule has 0 spiro atoms. The molecule has 134 valence electrons. The fourth-order valence-corrected chi connectivity index (χ4v) is 3.74. The van der Waals surface area contributed by atoms with E-state index in [4.69, 9.17) is 9.47 Å². The average molecular weight is 361 g/mol. The van der Waals surface area contributed by atoms with Crippen molar-refractivity contribution in [1.29, 1.82) is 0 Å². The van der Waals surface area contributed by atoms with Crippen LogP contribution in [0.2, 0.25) is 0 Å². The Morgan fingerprint density at radius 3 is 2.80 bits per heavy atom. The van der Waals surface area contributed by atoms with Crippen LogP contribution in [0.5, 0.6) is 5.75 Å². The third-order valence-corrected chi connectivity index (χ3v) is 5.14. The number of rotatable bonds is 6. The number of carbonyl (C=O) groups excluding carboxylic acids is 1. The number of nitrogens with zero attached hydrogens (tertiary/aromatic N) is 1. The maximum absolute atomic E-state index is 12.3.